The molecule has 1 amide bonds. The molecule has 0 radical (unpaired) electrons. The van der Waals surface area contributed by atoms with E-state index in [0.29, 0.717) is 5.92 Å². The van der Waals surface area contributed by atoms with Gasteiger partial charge < -0.3 is 15.2 Å². The van der Waals surface area contributed by atoms with E-state index in [4.69, 9.17) is 4.52 Å². The Morgan fingerprint density at radius 2 is 2.11 bits per heavy atom. The zero-order valence-corrected chi connectivity index (χ0v) is 16.9. The van der Waals surface area contributed by atoms with Crippen molar-refractivity contribution in [1.29, 1.82) is 0 Å². The second-order valence-electron chi connectivity index (χ2n) is 7.68. The number of aromatic nitrogens is 1. The SMILES string of the molecule is Cl.O=C(NCC1CCCN(Cc2cc(-c3ccccc3)no2)C1)C1CCCN1. The largest absolute Gasteiger partial charge is 0.359 e. The van der Waals surface area contributed by atoms with E-state index in [9.17, 15) is 4.79 Å². The molecule has 0 bridgehead atoms. The lowest BCUT2D eigenvalue weighted by atomic mass is 9.97. The van der Waals surface area contributed by atoms with Crippen LogP contribution in [0.25, 0.3) is 11.3 Å². The molecular formula is C21H29ClN4O2. The number of carbonyl (C=O) groups is 1. The van der Waals surface area contributed by atoms with Gasteiger partial charge in [0.2, 0.25) is 5.91 Å². The number of piperidine rings is 1. The van der Waals surface area contributed by atoms with Crippen LogP contribution in [-0.2, 0) is 11.3 Å². The second kappa shape index (κ2) is 10.0. The fourth-order valence-corrected chi connectivity index (χ4v) is 4.09. The van der Waals surface area contributed by atoms with Crippen LogP contribution in [0.4, 0.5) is 0 Å². The van der Waals surface area contributed by atoms with Gasteiger partial charge in [0.05, 0.1) is 12.6 Å². The Hall–Kier alpha value is -1.89. The van der Waals surface area contributed by atoms with Crippen LogP contribution in [0, 0.1) is 5.92 Å². The van der Waals surface area contributed by atoms with Gasteiger partial charge >= 0.3 is 0 Å². The van der Waals surface area contributed by atoms with Crippen LogP contribution in [0.1, 0.15) is 31.4 Å². The van der Waals surface area contributed by atoms with Gasteiger partial charge in [-0.3, -0.25) is 9.69 Å². The molecule has 2 saturated heterocycles. The van der Waals surface area contributed by atoms with Crippen LogP contribution in [0.3, 0.4) is 0 Å². The third kappa shape index (κ3) is 5.34. The van der Waals surface area contributed by atoms with Crippen LogP contribution in [-0.4, -0.2) is 48.2 Å². The molecule has 28 heavy (non-hydrogen) atoms. The molecule has 3 heterocycles. The molecule has 2 aliphatic rings. The highest BCUT2D eigenvalue weighted by molar-refractivity contribution is 5.85. The summed E-state index contributed by atoms with van der Waals surface area (Å²) in [4.78, 5) is 14.6. The number of amides is 1. The molecule has 2 fully saturated rings. The fourth-order valence-electron chi connectivity index (χ4n) is 4.09. The first-order valence-corrected chi connectivity index (χ1v) is 10.0. The van der Waals surface area contributed by atoms with E-state index >= 15 is 0 Å². The molecule has 6 nitrogen and oxygen atoms in total. The lowest BCUT2D eigenvalue weighted by Gasteiger charge is -2.32. The molecule has 7 heteroatoms. The van der Waals surface area contributed by atoms with Crippen LogP contribution >= 0.6 is 12.4 Å². The number of likely N-dealkylation sites (tertiary alicyclic amines) is 1. The van der Waals surface area contributed by atoms with Crippen molar-refractivity contribution in [2.45, 2.75) is 38.3 Å². The maximum Gasteiger partial charge on any atom is 0.237 e. The minimum atomic E-state index is 0. The number of hydrogen-bond acceptors (Lipinski definition) is 5. The predicted octanol–water partition coefficient (Wildman–Crippen LogP) is 2.84. The summed E-state index contributed by atoms with van der Waals surface area (Å²) in [5.74, 6) is 1.56. The van der Waals surface area contributed by atoms with Crippen molar-refractivity contribution < 1.29 is 9.32 Å². The maximum absolute atomic E-state index is 12.2. The van der Waals surface area contributed by atoms with Crippen molar-refractivity contribution in [1.82, 2.24) is 20.7 Å². The summed E-state index contributed by atoms with van der Waals surface area (Å²) < 4.78 is 5.55. The van der Waals surface area contributed by atoms with E-state index in [2.05, 4.69) is 20.7 Å². The number of hydrogen-bond donors (Lipinski definition) is 2. The third-order valence-electron chi connectivity index (χ3n) is 5.55. The molecule has 1 aromatic carbocycles. The first-order valence-electron chi connectivity index (χ1n) is 10.0. The summed E-state index contributed by atoms with van der Waals surface area (Å²) in [6, 6.07) is 12.1. The highest BCUT2D eigenvalue weighted by Gasteiger charge is 2.25. The maximum atomic E-state index is 12.2. The van der Waals surface area contributed by atoms with Crippen molar-refractivity contribution in [2.75, 3.05) is 26.2 Å². The zero-order valence-electron chi connectivity index (χ0n) is 16.1. The number of benzene rings is 1. The minimum absolute atomic E-state index is 0. The van der Waals surface area contributed by atoms with E-state index in [1.807, 2.05) is 36.4 Å². The molecule has 0 aliphatic carbocycles. The van der Waals surface area contributed by atoms with Crippen LogP contribution in [0.2, 0.25) is 0 Å². The molecule has 2 aliphatic heterocycles. The van der Waals surface area contributed by atoms with Crippen molar-refractivity contribution in [3.8, 4) is 11.3 Å². The normalized spacial score (nSPS) is 22.6. The fraction of sp³-hybridized carbons (Fsp3) is 0.524. The average molecular weight is 405 g/mol. The molecule has 2 unspecified atom stereocenters. The highest BCUT2D eigenvalue weighted by Crippen LogP contribution is 2.22. The molecule has 4 rings (SSSR count). The highest BCUT2D eigenvalue weighted by atomic mass is 35.5. The quantitative estimate of drug-likeness (QED) is 0.774. The summed E-state index contributed by atoms with van der Waals surface area (Å²) in [5, 5.41) is 10.6. The van der Waals surface area contributed by atoms with Crippen molar-refractivity contribution in [3.05, 3.63) is 42.2 Å². The first kappa shape index (κ1) is 20.8. The number of rotatable bonds is 6. The number of halogens is 1. The Morgan fingerprint density at radius 1 is 1.25 bits per heavy atom. The average Bonchev–Trinajstić information content (AvgIpc) is 3.39. The topological polar surface area (TPSA) is 70.4 Å². The molecule has 152 valence electrons. The summed E-state index contributed by atoms with van der Waals surface area (Å²) in [6.45, 7) is 4.54. The molecule has 2 aromatic rings. The van der Waals surface area contributed by atoms with Gasteiger partial charge in [0.1, 0.15) is 5.69 Å². The Kier molecular flexibility index (Phi) is 7.48. The molecule has 0 spiro atoms. The summed E-state index contributed by atoms with van der Waals surface area (Å²) in [5.41, 5.74) is 1.96. The lowest BCUT2D eigenvalue weighted by molar-refractivity contribution is -0.123. The van der Waals surface area contributed by atoms with E-state index < -0.39 is 0 Å². The number of nitrogens with one attached hydrogen (secondary N) is 2. The first-order chi connectivity index (χ1) is 13.3. The van der Waals surface area contributed by atoms with Gasteiger partial charge in [0.15, 0.2) is 5.76 Å². The molecule has 0 saturated carbocycles. The molecular weight excluding hydrogens is 376 g/mol. The van der Waals surface area contributed by atoms with E-state index in [0.717, 1.165) is 69.0 Å². The lowest BCUT2D eigenvalue weighted by Crippen LogP contribution is -2.45. The minimum Gasteiger partial charge on any atom is -0.359 e. The van der Waals surface area contributed by atoms with E-state index in [1.54, 1.807) is 0 Å². The van der Waals surface area contributed by atoms with Gasteiger partial charge in [-0.1, -0.05) is 35.5 Å². The summed E-state index contributed by atoms with van der Waals surface area (Å²) in [7, 11) is 0. The summed E-state index contributed by atoms with van der Waals surface area (Å²) >= 11 is 0. The Bertz CT molecular complexity index is 746. The Labute approximate surface area is 172 Å². The number of carbonyl (C=O) groups excluding carboxylic acids is 1. The van der Waals surface area contributed by atoms with E-state index in [-0.39, 0.29) is 24.4 Å². The van der Waals surface area contributed by atoms with Crippen molar-refractivity contribution in [2.24, 2.45) is 5.92 Å². The van der Waals surface area contributed by atoms with Gasteiger partial charge in [-0.25, -0.2) is 0 Å². The Morgan fingerprint density at radius 3 is 2.89 bits per heavy atom. The van der Waals surface area contributed by atoms with Gasteiger partial charge in [-0.05, 0) is 44.7 Å². The second-order valence-corrected chi connectivity index (χ2v) is 7.68. The van der Waals surface area contributed by atoms with Crippen molar-refractivity contribution >= 4 is 18.3 Å². The summed E-state index contributed by atoms with van der Waals surface area (Å²) in [6.07, 6.45) is 4.37. The molecule has 2 atom stereocenters. The molecule has 2 N–H and O–H groups in total. The van der Waals surface area contributed by atoms with Crippen molar-refractivity contribution in [3.63, 3.8) is 0 Å². The smallest absolute Gasteiger partial charge is 0.237 e. The monoisotopic (exact) mass is 404 g/mol. The standard InChI is InChI=1S/C21H28N4O2.ClH/c26-21(19-9-4-10-22-19)23-13-16-6-5-11-25(14-16)15-18-12-20(24-27-18)17-7-2-1-3-8-17;/h1-3,7-8,12,16,19,22H,4-6,9-11,13-15H2,(H,23,26);1H. The van der Waals surface area contributed by atoms with Crippen LogP contribution < -0.4 is 10.6 Å². The van der Waals surface area contributed by atoms with Gasteiger partial charge in [0.25, 0.3) is 0 Å². The van der Waals surface area contributed by atoms with Crippen LogP contribution in [0.15, 0.2) is 40.9 Å². The predicted molar refractivity (Wildman–Crippen MR) is 111 cm³/mol. The van der Waals surface area contributed by atoms with Gasteiger partial charge in [-0.2, -0.15) is 0 Å². The van der Waals surface area contributed by atoms with E-state index in [1.165, 1.54) is 6.42 Å². The zero-order chi connectivity index (χ0) is 18.5. The van der Waals surface area contributed by atoms with Gasteiger partial charge in [-0.15, -0.1) is 12.4 Å². The van der Waals surface area contributed by atoms with Gasteiger partial charge in [0, 0.05) is 24.7 Å². The van der Waals surface area contributed by atoms with Crippen LogP contribution in [0.5, 0.6) is 0 Å². The molecule has 1 aromatic heterocycles. The number of nitrogens with zero attached hydrogens (tertiary/aromatic N) is 2. The Balaban J connectivity index is 0.00000225. The third-order valence-corrected chi connectivity index (χ3v) is 5.55.